The third kappa shape index (κ3) is 3.17. The molecule has 9 heteroatoms. The van der Waals surface area contributed by atoms with Gasteiger partial charge in [-0.15, -0.1) is 0 Å². The first-order valence-electron chi connectivity index (χ1n) is 7.15. The maximum absolute atomic E-state index is 13.3. The molecule has 0 heterocycles. The third-order valence-corrected chi connectivity index (χ3v) is 3.95. The zero-order valence-electron chi connectivity index (χ0n) is 12.5. The molecule has 2 aromatic rings. The van der Waals surface area contributed by atoms with Crippen molar-refractivity contribution in [2.45, 2.75) is 19.0 Å². The zero-order valence-corrected chi connectivity index (χ0v) is 12.5. The number of benzene rings is 2. The van der Waals surface area contributed by atoms with E-state index in [1.54, 1.807) is 0 Å². The van der Waals surface area contributed by atoms with Gasteiger partial charge in [0.2, 0.25) is 0 Å². The van der Waals surface area contributed by atoms with Crippen LogP contribution in [0.1, 0.15) is 27.0 Å². The number of nitrogens with zero attached hydrogens (tertiary/aromatic N) is 1. The molecule has 5 nitrogen and oxygen atoms in total. The van der Waals surface area contributed by atoms with Crippen LogP contribution < -0.4 is 5.32 Å². The fraction of sp³-hybridized carbons (Fsp3) is 0.188. The molecule has 0 bridgehead atoms. The van der Waals surface area contributed by atoms with Gasteiger partial charge in [-0.25, -0.2) is 4.39 Å². The molecule has 0 spiro atoms. The summed E-state index contributed by atoms with van der Waals surface area (Å²) in [5.74, 6) is -2.40. The monoisotopic (exact) mass is 354 g/mol. The van der Waals surface area contributed by atoms with Crippen LogP contribution in [0, 0.1) is 15.9 Å². The van der Waals surface area contributed by atoms with E-state index in [0.717, 1.165) is 17.2 Å². The van der Waals surface area contributed by atoms with Gasteiger partial charge in [-0.3, -0.25) is 14.9 Å². The van der Waals surface area contributed by atoms with E-state index in [4.69, 9.17) is 0 Å². The van der Waals surface area contributed by atoms with Gasteiger partial charge in [-0.05, 0) is 48.2 Å². The molecule has 1 aliphatic carbocycles. The Bertz CT molecular complexity index is 894. The third-order valence-electron chi connectivity index (χ3n) is 3.95. The van der Waals surface area contributed by atoms with Crippen molar-refractivity contribution in [1.29, 1.82) is 0 Å². The minimum absolute atomic E-state index is 0.249. The number of aryl methyl sites for hydroxylation is 2. The number of nitrogens with one attached hydrogen (secondary N) is 1. The minimum atomic E-state index is -4.92. The molecule has 0 radical (unpaired) electrons. The van der Waals surface area contributed by atoms with Crippen molar-refractivity contribution >= 4 is 17.3 Å². The SMILES string of the molecule is O=C(Nc1ccc(F)c(C(F)(F)F)c1)c1cc2c(cc1[N+](=O)[O-])CC2. The molecule has 0 atom stereocenters. The van der Waals surface area contributed by atoms with Gasteiger partial charge in [0, 0.05) is 11.8 Å². The number of halogens is 4. The molecule has 0 saturated heterocycles. The number of alkyl halides is 3. The summed E-state index contributed by atoms with van der Waals surface area (Å²) in [4.78, 5) is 22.7. The Morgan fingerprint density at radius 1 is 1.12 bits per heavy atom. The fourth-order valence-electron chi connectivity index (χ4n) is 2.59. The van der Waals surface area contributed by atoms with E-state index in [1.807, 2.05) is 0 Å². The van der Waals surface area contributed by atoms with Crippen molar-refractivity contribution in [1.82, 2.24) is 0 Å². The Hall–Kier alpha value is -2.97. The molecule has 1 aliphatic rings. The van der Waals surface area contributed by atoms with Crippen LogP contribution in [0.3, 0.4) is 0 Å². The summed E-state index contributed by atoms with van der Waals surface area (Å²) in [5.41, 5.74) is -0.960. The summed E-state index contributed by atoms with van der Waals surface area (Å²) < 4.78 is 51.4. The zero-order chi connectivity index (χ0) is 18.4. The topological polar surface area (TPSA) is 72.2 Å². The maximum Gasteiger partial charge on any atom is 0.419 e. The van der Waals surface area contributed by atoms with Gasteiger partial charge in [0.1, 0.15) is 11.4 Å². The van der Waals surface area contributed by atoms with Crippen LogP contribution in [-0.4, -0.2) is 10.8 Å². The predicted molar refractivity (Wildman–Crippen MR) is 79.9 cm³/mol. The lowest BCUT2D eigenvalue weighted by atomic mass is 9.86. The first-order chi connectivity index (χ1) is 11.7. The molecule has 130 valence electrons. The molecule has 0 fully saturated rings. The first-order valence-corrected chi connectivity index (χ1v) is 7.15. The van der Waals surface area contributed by atoms with Crippen LogP contribution in [0.15, 0.2) is 30.3 Å². The predicted octanol–water partition coefficient (Wildman–Crippen LogP) is 4.10. The summed E-state index contributed by atoms with van der Waals surface area (Å²) >= 11 is 0. The van der Waals surface area contributed by atoms with Gasteiger partial charge in [-0.1, -0.05) is 0 Å². The second-order valence-electron chi connectivity index (χ2n) is 5.54. The minimum Gasteiger partial charge on any atom is -0.322 e. The number of rotatable bonds is 3. The Labute approximate surface area is 138 Å². The molecular weight excluding hydrogens is 344 g/mol. The van der Waals surface area contributed by atoms with Gasteiger partial charge in [0.25, 0.3) is 11.6 Å². The highest BCUT2D eigenvalue weighted by Gasteiger charge is 2.34. The van der Waals surface area contributed by atoms with Crippen molar-refractivity contribution in [3.63, 3.8) is 0 Å². The first kappa shape index (κ1) is 16.9. The van der Waals surface area contributed by atoms with Crippen LogP contribution in [0.4, 0.5) is 28.9 Å². The van der Waals surface area contributed by atoms with Gasteiger partial charge in [-0.2, -0.15) is 13.2 Å². The Morgan fingerprint density at radius 3 is 2.32 bits per heavy atom. The van der Waals surface area contributed by atoms with E-state index in [1.165, 1.54) is 12.1 Å². The van der Waals surface area contributed by atoms with E-state index in [0.29, 0.717) is 25.0 Å². The number of anilines is 1. The van der Waals surface area contributed by atoms with Crippen LogP contribution in [0.2, 0.25) is 0 Å². The van der Waals surface area contributed by atoms with Crippen LogP contribution in [0.5, 0.6) is 0 Å². The normalized spacial score (nSPS) is 13.0. The quantitative estimate of drug-likeness (QED) is 0.512. The summed E-state index contributed by atoms with van der Waals surface area (Å²) in [7, 11) is 0. The van der Waals surface area contributed by atoms with E-state index in [2.05, 4.69) is 5.32 Å². The van der Waals surface area contributed by atoms with E-state index >= 15 is 0 Å². The Balaban J connectivity index is 1.94. The summed E-state index contributed by atoms with van der Waals surface area (Å²) in [5, 5.41) is 13.3. The average Bonchev–Trinajstić information content (AvgIpc) is 2.48. The number of hydrogen-bond donors (Lipinski definition) is 1. The fourth-order valence-corrected chi connectivity index (χ4v) is 2.59. The Morgan fingerprint density at radius 2 is 1.76 bits per heavy atom. The number of nitro groups is 1. The molecule has 0 saturated carbocycles. The molecule has 25 heavy (non-hydrogen) atoms. The molecule has 0 aliphatic heterocycles. The van der Waals surface area contributed by atoms with Gasteiger partial charge >= 0.3 is 6.18 Å². The molecule has 0 aromatic heterocycles. The van der Waals surface area contributed by atoms with Crippen molar-refractivity contribution < 1.29 is 27.3 Å². The average molecular weight is 354 g/mol. The summed E-state index contributed by atoms with van der Waals surface area (Å²) in [6, 6.07) is 4.63. The highest BCUT2D eigenvalue weighted by atomic mass is 19.4. The van der Waals surface area contributed by atoms with Crippen molar-refractivity contribution in [2.24, 2.45) is 0 Å². The van der Waals surface area contributed by atoms with Crippen LogP contribution >= 0.6 is 0 Å². The van der Waals surface area contributed by atoms with Gasteiger partial charge < -0.3 is 5.32 Å². The van der Waals surface area contributed by atoms with E-state index < -0.39 is 34.1 Å². The number of carbonyl (C=O) groups excluding carboxylic acids is 1. The van der Waals surface area contributed by atoms with Crippen molar-refractivity contribution in [2.75, 3.05) is 5.32 Å². The van der Waals surface area contributed by atoms with Gasteiger partial charge in [0.15, 0.2) is 0 Å². The summed E-state index contributed by atoms with van der Waals surface area (Å²) in [6.45, 7) is 0. The highest BCUT2D eigenvalue weighted by molar-refractivity contribution is 6.07. The second-order valence-corrected chi connectivity index (χ2v) is 5.54. The second kappa shape index (κ2) is 5.83. The molecule has 0 unspecified atom stereocenters. The number of amides is 1. The number of carbonyl (C=O) groups is 1. The van der Waals surface area contributed by atoms with Crippen LogP contribution in [0.25, 0.3) is 0 Å². The maximum atomic E-state index is 13.3. The largest absolute Gasteiger partial charge is 0.419 e. The molecule has 1 N–H and O–H groups in total. The summed E-state index contributed by atoms with van der Waals surface area (Å²) in [6.07, 6.45) is -3.58. The van der Waals surface area contributed by atoms with Crippen molar-refractivity contribution in [3.05, 3.63) is 68.5 Å². The molecule has 3 rings (SSSR count). The lowest BCUT2D eigenvalue weighted by Crippen LogP contribution is -2.18. The van der Waals surface area contributed by atoms with E-state index in [-0.39, 0.29) is 11.3 Å². The smallest absolute Gasteiger partial charge is 0.322 e. The number of hydrogen-bond acceptors (Lipinski definition) is 3. The lowest BCUT2D eigenvalue weighted by Gasteiger charge is -2.19. The molecular formula is C16H10F4N2O3. The lowest BCUT2D eigenvalue weighted by molar-refractivity contribution is -0.385. The number of nitro benzene ring substituents is 1. The highest BCUT2D eigenvalue weighted by Crippen LogP contribution is 2.34. The molecule has 1 amide bonds. The van der Waals surface area contributed by atoms with Gasteiger partial charge in [0.05, 0.1) is 10.5 Å². The van der Waals surface area contributed by atoms with Crippen LogP contribution in [-0.2, 0) is 19.0 Å². The number of fused-ring (bicyclic) bond motifs is 1. The standard InChI is InChI=1S/C16H10F4N2O3/c17-13-4-3-10(7-12(13)16(18,19)20)21-15(23)11-5-8-1-2-9(8)6-14(11)22(24)25/h3-7H,1-2H2,(H,21,23). The van der Waals surface area contributed by atoms with Crippen molar-refractivity contribution in [3.8, 4) is 0 Å². The molecule has 2 aromatic carbocycles. The van der Waals surface area contributed by atoms with E-state index in [9.17, 15) is 32.5 Å². The Kier molecular flexibility index (Phi) is 3.94.